The highest BCUT2D eigenvalue weighted by atomic mass is 79.9. The third-order valence-corrected chi connectivity index (χ3v) is 3.16. The third-order valence-electron chi connectivity index (χ3n) is 2.53. The molecule has 1 aromatic carbocycles. The van der Waals surface area contributed by atoms with Crippen LogP contribution in [0.1, 0.15) is 10.4 Å². The maximum atomic E-state index is 13.6. The first kappa shape index (κ1) is 13.5. The molecule has 2 aromatic rings. The summed E-state index contributed by atoms with van der Waals surface area (Å²) in [5.41, 5.74) is 0.989. The molecule has 0 aliphatic heterocycles. The summed E-state index contributed by atoms with van der Waals surface area (Å²) in [5, 5.41) is 5.38. The number of halogens is 2. The number of nitrogens with zero attached hydrogens (tertiary/aromatic N) is 1. The zero-order valence-corrected chi connectivity index (χ0v) is 11.7. The molecule has 2 N–H and O–H groups in total. The van der Waals surface area contributed by atoms with E-state index in [1.165, 1.54) is 12.1 Å². The molecular weight excluding hydrogens is 313 g/mol. The molecule has 4 nitrogen and oxygen atoms in total. The number of anilines is 2. The van der Waals surface area contributed by atoms with Crippen LogP contribution in [0.5, 0.6) is 0 Å². The molecule has 0 saturated carbocycles. The number of nitrogens with one attached hydrogen (secondary N) is 2. The van der Waals surface area contributed by atoms with Crippen molar-refractivity contribution in [1.82, 2.24) is 4.98 Å². The number of amides is 1. The molecular formula is C13H11BrFN3O. The van der Waals surface area contributed by atoms with E-state index in [1.54, 1.807) is 31.6 Å². The quantitative estimate of drug-likeness (QED) is 0.911. The van der Waals surface area contributed by atoms with Crippen molar-refractivity contribution in [2.75, 3.05) is 17.7 Å². The average Bonchev–Trinajstić information content (AvgIpc) is 2.41. The highest BCUT2D eigenvalue weighted by Crippen LogP contribution is 2.23. The Morgan fingerprint density at radius 3 is 2.84 bits per heavy atom. The second-order valence-electron chi connectivity index (χ2n) is 3.72. The second kappa shape index (κ2) is 5.79. The smallest absolute Gasteiger partial charge is 0.257 e. The summed E-state index contributed by atoms with van der Waals surface area (Å²) in [6, 6.07) is 6.00. The molecule has 6 heteroatoms. The first-order valence-corrected chi connectivity index (χ1v) is 6.30. The van der Waals surface area contributed by atoms with Crippen LogP contribution in [0.15, 0.2) is 41.1 Å². The van der Waals surface area contributed by atoms with Gasteiger partial charge in [0.2, 0.25) is 0 Å². The van der Waals surface area contributed by atoms with E-state index in [0.29, 0.717) is 10.2 Å². The van der Waals surface area contributed by atoms with Crippen molar-refractivity contribution < 1.29 is 9.18 Å². The van der Waals surface area contributed by atoms with Crippen LogP contribution in [0.3, 0.4) is 0 Å². The van der Waals surface area contributed by atoms with Crippen molar-refractivity contribution >= 4 is 33.2 Å². The van der Waals surface area contributed by atoms with Gasteiger partial charge in [-0.25, -0.2) is 4.39 Å². The summed E-state index contributed by atoms with van der Waals surface area (Å²) in [4.78, 5) is 16.0. The van der Waals surface area contributed by atoms with E-state index in [1.807, 2.05) is 0 Å². The number of hydrogen-bond donors (Lipinski definition) is 2. The van der Waals surface area contributed by atoms with Crippen molar-refractivity contribution in [3.05, 3.63) is 52.5 Å². The van der Waals surface area contributed by atoms with Crippen LogP contribution in [0.25, 0.3) is 0 Å². The van der Waals surface area contributed by atoms with Crippen LogP contribution < -0.4 is 10.6 Å². The summed E-state index contributed by atoms with van der Waals surface area (Å²) in [7, 11) is 1.57. The van der Waals surface area contributed by atoms with E-state index in [-0.39, 0.29) is 11.3 Å². The highest BCUT2D eigenvalue weighted by molar-refractivity contribution is 9.10. The average molecular weight is 324 g/mol. The topological polar surface area (TPSA) is 54.0 Å². The van der Waals surface area contributed by atoms with Gasteiger partial charge in [0, 0.05) is 19.4 Å². The van der Waals surface area contributed by atoms with Gasteiger partial charge in [0.1, 0.15) is 5.82 Å². The number of carbonyl (C=O) groups excluding carboxylic acids is 1. The molecule has 0 radical (unpaired) electrons. The lowest BCUT2D eigenvalue weighted by Gasteiger charge is -2.11. The minimum atomic E-state index is -0.469. The van der Waals surface area contributed by atoms with Crippen molar-refractivity contribution in [3.63, 3.8) is 0 Å². The number of aromatic nitrogens is 1. The maximum Gasteiger partial charge on any atom is 0.257 e. The van der Waals surface area contributed by atoms with Crippen LogP contribution >= 0.6 is 15.9 Å². The van der Waals surface area contributed by atoms with Crippen LogP contribution in [0.4, 0.5) is 15.8 Å². The molecule has 1 aromatic heterocycles. The Balaban J connectivity index is 2.31. The molecule has 19 heavy (non-hydrogen) atoms. The summed E-state index contributed by atoms with van der Waals surface area (Å²) in [6.45, 7) is 0. The molecule has 0 spiro atoms. The van der Waals surface area contributed by atoms with E-state index in [2.05, 4.69) is 31.5 Å². The molecule has 0 aliphatic rings. The SMILES string of the molecule is CNc1c(F)cccc1C(=O)Nc1ccncc1Br. The first-order valence-electron chi connectivity index (χ1n) is 5.50. The Hall–Kier alpha value is -1.95. The minimum Gasteiger partial charge on any atom is -0.385 e. The van der Waals surface area contributed by atoms with Gasteiger partial charge in [0.05, 0.1) is 21.4 Å². The largest absolute Gasteiger partial charge is 0.385 e. The van der Waals surface area contributed by atoms with Crippen molar-refractivity contribution in [3.8, 4) is 0 Å². The van der Waals surface area contributed by atoms with Gasteiger partial charge in [-0.05, 0) is 34.1 Å². The number of benzene rings is 1. The summed E-state index contributed by atoms with van der Waals surface area (Å²) in [5.74, 6) is -0.861. The molecule has 0 fully saturated rings. The fraction of sp³-hybridized carbons (Fsp3) is 0.0769. The fourth-order valence-electron chi connectivity index (χ4n) is 1.63. The number of carbonyl (C=O) groups is 1. The van der Waals surface area contributed by atoms with Gasteiger partial charge in [-0.3, -0.25) is 9.78 Å². The maximum absolute atomic E-state index is 13.6. The molecule has 0 saturated heterocycles. The fourth-order valence-corrected chi connectivity index (χ4v) is 1.98. The lowest BCUT2D eigenvalue weighted by molar-refractivity contribution is 0.102. The lowest BCUT2D eigenvalue weighted by atomic mass is 10.1. The monoisotopic (exact) mass is 323 g/mol. The Bertz CT molecular complexity index is 619. The first-order chi connectivity index (χ1) is 9.13. The van der Waals surface area contributed by atoms with Gasteiger partial charge in [-0.1, -0.05) is 6.07 Å². The molecule has 1 amide bonds. The van der Waals surface area contributed by atoms with Crippen LogP contribution in [0.2, 0.25) is 0 Å². The van der Waals surface area contributed by atoms with Gasteiger partial charge in [0.25, 0.3) is 5.91 Å². The Morgan fingerprint density at radius 1 is 1.37 bits per heavy atom. The van der Waals surface area contributed by atoms with Crippen molar-refractivity contribution in [2.45, 2.75) is 0 Å². The number of rotatable bonds is 3. The Labute approximate surface area is 118 Å². The summed E-state index contributed by atoms with van der Waals surface area (Å²) < 4.78 is 14.2. The van der Waals surface area contributed by atoms with Gasteiger partial charge < -0.3 is 10.6 Å². The lowest BCUT2D eigenvalue weighted by Crippen LogP contribution is -2.15. The van der Waals surface area contributed by atoms with Crippen LogP contribution in [0, 0.1) is 5.82 Å². The molecule has 0 atom stereocenters. The molecule has 0 unspecified atom stereocenters. The number of hydrogen-bond acceptors (Lipinski definition) is 3. The molecule has 0 aliphatic carbocycles. The molecule has 98 valence electrons. The van der Waals surface area contributed by atoms with Crippen LogP contribution in [-0.2, 0) is 0 Å². The summed E-state index contributed by atoms with van der Waals surface area (Å²) in [6.07, 6.45) is 3.13. The Kier molecular flexibility index (Phi) is 4.11. The van der Waals surface area contributed by atoms with E-state index in [4.69, 9.17) is 0 Å². The molecule has 0 bridgehead atoms. The predicted molar refractivity (Wildman–Crippen MR) is 75.8 cm³/mol. The van der Waals surface area contributed by atoms with E-state index in [0.717, 1.165) is 0 Å². The van der Waals surface area contributed by atoms with Gasteiger partial charge in [0.15, 0.2) is 0 Å². The second-order valence-corrected chi connectivity index (χ2v) is 4.58. The predicted octanol–water partition coefficient (Wildman–Crippen LogP) is 3.28. The van der Waals surface area contributed by atoms with E-state index >= 15 is 0 Å². The molecule has 2 rings (SSSR count). The molecule has 1 heterocycles. The number of para-hydroxylation sites is 1. The zero-order chi connectivity index (χ0) is 13.8. The summed E-state index contributed by atoms with van der Waals surface area (Å²) >= 11 is 3.28. The third kappa shape index (κ3) is 2.90. The van der Waals surface area contributed by atoms with Crippen molar-refractivity contribution in [2.24, 2.45) is 0 Å². The van der Waals surface area contributed by atoms with E-state index < -0.39 is 11.7 Å². The normalized spacial score (nSPS) is 10.1. The van der Waals surface area contributed by atoms with Crippen LogP contribution in [-0.4, -0.2) is 17.9 Å². The van der Waals surface area contributed by atoms with Gasteiger partial charge in [-0.2, -0.15) is 0 Å². The van der Waals surface area contributed by atoms with E-state index in [9.17, 15) is 9.18 Å². The number of pyridine rings is 1. The van der Waals surface area contributed by atoms with Gasteiger partial charge in [-0.15, -0.1) is 0 Å². The zero-order valence-electron chi connectivity index (χ0n) is 10.1. The standard InChI is InChI=1S/C13H11BrFN3O/c1-16-12-8(3-2-4-10(12)15)13(19)18-11-5-6-17-7-9(11)14/h2-7,16H,1H3,(H,17,18,19). The highest BCUT2D eigenvalue weighted by Gasteiger charge is 2.15. The minimum absolute atomic E-state index is 0.171. The van der Waals surface area contributed by atoms with Crippen molar-refractivity contribution in [1.29, 1.82) is 0 Å². The Morgan fingerprint density at radius 2 is 2.16 bits per heavy atom. The van der Waals surface area contributed by atoms with Gasteiger partial charge >= 0.3 is 0 Å².